The zero-order valence-electron chi connectivity index (χ0n) is 15.3. The fraction of sp³-hybridized carbons (Fsp3) is 0.700. The highest BCUT2D eigenvalue weighted by atomic mass is 35.5. The average molecular weight is 338 g/mol. The second-order valence-electron chi connectivity index (χ2n) is 8.00. The first-order valence-electron chi connectivity index (χ1n) is 8.83. The van der Waals surface area contributed by atoms with Crippen LogP contribution < -0.4 is 0 Å². The molecule has 3 unspecified atom stereocenters. The van der Waals surface area contributed by atoms with E-state index in [9.17, 15) is 0 Å². The Morgan fingerprint density at radius 2 is 1.74 bits per heavy atom. The Balaban J connectivity index is 1.89. The minimum Gasteiger partial charge on any atom is -0.373 e. The Bertz CT molecular complexity index is 475. The summed E-state index contributed by atoms with van der Waals surface area (Å²) in [6.07, 6.45) is 1.83. The molecule has 0 radical (unpaired) electrons. The zero-order valence-corrected chi connectivity index (χ0v) is 16.1. The average Bonchev–Trinajstić information content (AvgIpc) is 2.46. The molecule has 3 heteroatoms. The maximum Gasteiger partial charge on any atom is 0.0678 e. The third kappa shape index (κ3) is 5.48. The van der Waals surface area contributed by atoms with Crippen LogP contribution in [-0.4, -0.2) is 42.6 Å². The summed E-state index contributed by atoms with van der Waals surface area (Å²) >= 11 is 6.07. The van der Waals surface area contributed by atoms with Gasteiger partial charge in [-0.25, -0.2) is 0 Å². The van der Waals surface area contributed by atoms with E-state index < -0.39 is 0 Å². The molecule has 0 aromatic heterocycles. The first kappa shape index (κ1) is 18.8. The number of alkyl halides is 1. The van der Waals surface area contributed by atoms with Gasteiger partial charge in [-0.1, -0.05) is 45.0 Å². The van der Waals surface area contributed by atoms with Crippen molar-refractivity contribution in [2.24, 2.45) is 5.92 Å². The smallest absolute Gasteiger partial charge is 0.0678 e. The molecule has 0 amide bonds. The van der Waals surface area contributed by atoms with Crippen LogP contribution in [0.2, 0.25) is 0 Å². The highest BCUT2D eigenvalue weighted by Gasteiger charge is 2.23. The van der Waals surface area contributed by atoms with Crippen molar-refractivity contribution in [3.8, 4) is 0 Å². The molecule has 0 bridgehead atoms. The molecule has 1 aromatic rings. The van der Waals surface area contributed by atoms with E-state index in [2.05, 4.69) is 63.8 Å². The topological polar surface area (TPSA) is 12.5 Å². The second-order valence-corrected chi connectivity index (χ2v) is 8.27. The number of morpholine rings is 1. The molecule has 130 valence electrons. The van der Waals surface area contributed by atoms with Crippen molar-refractivity contribution < 1.29 is 4.74 Å². The highest BCUT2D eigenvalue weighted by Crippen LogP contribution is 2.25. The Hall–Kier alpha value is -0.570. The molecule has 1 aliphatic heterocycles. The van der Waals surface area contributed by atoms with E-state index in [1.807, 2.05) is 0 Å². The van der Waals surface area contributed by atoms with Crippen LogP contribution in [0.25, 0.3) is 0 Å². The third-order valence-corrected chi connectivity index (χ3v) is 5.39. The van der Waals surface area contributed by atoms with Gasteiger partial charge in [-0.2, -0.15) is 0 Å². The summed E-state index contributed by atoms with van der Waals surface area (Å²) in [5, 5.41) is 0. The van der Waals surface area contributed by atoms with E-state index in [-0.39, 0.29) is 5.41 Å². The molecule has 3 atom stereocenters. The molecular weight excluding hydrogens is 306 g/mol. The summed E-state index contributed by atoms with van der Waals surface area (Å²) in [6, 6.07) is 9.02. The van der Waals surface area contributed by atoms with Crippen LogP contribution in [0.4, 0.5) is 0 Å². The van der Waals surface area contributed by atoms with Crippen LogP contribution in [-0.2, 0) is 16.6 Å². The lowest BCUT2D eigenvalue weighted by molar-refractivity contribution is -0.0708. The van der Waals surface area contributed by atoms with Gasteiger partial charge < -0.3 is 4.74 Å². The molecule has 2 rings (SSSR count). The van der Waals surface area contributed by atoms with Crippen LogP contribution >= 0.6 is 11.6 Å². The predicted molar refractivity (Wildman–Crippen MR) is 99.5 cm³/mol. The molecule has 0 spiro atoms. The molecule has 23 heavy (non-hydrogen) atoms. The number of halogens is 1. The van der Waals surface area contributed by atoms with E-state index in [4.69, 9.17) is 16.3 Å². The van der Waals surface area contributed by atoms with Gasteiger partial charge in [-0.3, -0.25) is 4.90 Å². The van der Waals surface area contributed by atoms with Gasteiger partial charge in [0.2, 0.25) is 0 Å². The normalized spacial score (nSPS) is 24.6. The molecule has 1 fully saturated rings. The number of benzene rings is 1. The van der Waals surface area contributed by atoms with E-state index in [0.29, 0.717) is 24.0 Å². The summed E-state index contributed by atoms with van der Waals surface area (Å²) < 4.78 is 5.82. The van der Waals surface area contributed by atoms with Gasteiger partial charge in [-0.15, -0.1) is 11.6 Å². The van der Waals surface area contributed by atoms with Crippen LogP contribution in [0, 0.1) is 5.92 Å². The summed E-state index contributed by atoms with van der Waals surface area (Å²) in [5.74, 6) is 1.30. The lowest BCUT2D eigenvalue weighted by atomic mass is 9.86. The summed E-state index contributed by atoms with van der Waals surface area (Å²) in [4.78, 5) is 2.55. The van der Waals surface area contributed by atoms with Crippen molar-refractivity contribution in [3.63, 3.8) is 0 Å². The largest absolute Gasteiger partial charge is 0.373 e. The Morgan fingerprint density at radius 1 is 1.17 bits per heavy atom. The van der Waals surface area contributed by atoms with Crippen molar-refractivity contribution >= 4 is 11.6 Å². The van der Waals surface area contributed by atoms with E-state index in [1.165, 1.54) is 11.1 Å². The third-order valence-electron chi connectivity index (χ3n) is 4.72. The minimum atomic E-state index is 0.0474. The molecule has 0 saturated carbocycles. The molecule has 0 aliphatic carbocycles. The fourth-order valence-electron chi connectivity index (χ4n) is 3.51. The Kier molecular flexibility index (Phi) is 6.53. The lowest BCUT2D eigenvalue weighted by Crippen LogP contribution is -2.47. The summed E-state index contributed by atoms with van der Waals surface area (Å²) in [6.45, 7) is 14.3. The first-order valence-corrected chi connectivity index (χ1v) is 9.37. The van der Waals surface area contributed by atoms with Gasteiger partial charge >= 0.3 is 0 Å². The standard InChI is InChI=1S/C20H32ClNO/c1-15(11-22-12-16(2)23-17(3)13-22)10-18-6-8-19(9-7-18)20(4,5)14-21/h6-9,15-17H,10-14H2,1-5H3. The molecule has 1 aromatic carbocycles. The van der Waals surface area contributed by atoms with Gasteiger partial charge in [0.15, 0.2) is 0 Å². The lowest BCUT2D eigenvalue weighted by Gasteiger charge is -2.36. The maximum absolute atomic E-state index is 6.07. The summed E-state index contributed by atoms with van der Waals surface area (Å²) in [5.41, 5.74) is 2.78. The maximum atomic E-state index is 6.07. The Labute approximate surface area is 147 Å². The van der Waals surface area contributed by atoms with E-state index in [0.717, 1.165) is 26.1 Å². The number of nitrogens with zero attached hydrogens (tertiary/aromatic N) is 1. The number of ether oxygens (including phenoxy) is 1. The first-order chi connectivity index (χ1) is 10.8. The van der Waals surface area contributed by atoms with Crippen LogP contribution in [0.5, 0.6) is 0 Å². The molecule has 1 heterocycles. The summed E-state index contributed by atoms with van der Waals surface area (Å²) in [7, 11) is 0. The van der Waals surface area contributed by atoms with Crippen molar-refractivity contribution in [3.05, 3.63) is 35.4 Å². The number of rotatable bonds is 6. The minimum absolute atomic E-state index is 0.0474. The van der Waals surface area contributed by atoms with Crippen LogP contribution in [0.1, 0.15) is 45.7 Å². The van der Waals surface area contributed by atoms with Crippen molar-refractivity contribution in [1.82, 2.24) is 4.90 Å². The van der Waals surface area contributed by atoms with Gasteiger partial charge in [0, 0.05) is 30.9 Å². The van der Waals surface area contributed by atoms with Gasteiger partial charge in [0.05, 0.1) is 12.2 Å². The Morgan fingerprint density at radius 3 is 2.26 bits per heavy atom. The number of hydrogen-bond donors (Lipinski definition) is 0. The van der Waals surface area contributed by atoms with Crippen molar-refractivity contribution in [2.75, 3.05) is 25.5 Å². The van der Waals surface area contributed by atoms with Crippen molar-refractivity contribution in [1.29, 1.82) is 0 Å². The van der Waals surface area contributed by atoms with Crippen LogP contribution in [0.15, 0.2) is 24.3 Å². The van der Waals surface area contributed by atoms with Gasteiger partial charge in [0.25, 0.3) is 0 Å². The van der Waals surface area contributed by atoms with Gasteiger partial charge in [-0.05, 0) is 37.3 Å². The highest BCUT2D eigenvalue weighted by molar-refractivity contribution is 6.18. The molecule has 1 saturated heterocycles. The predicted octanol–water partition coefficient (Wildman–Crippen LogP) is 4.49. The molecular formula is C20H32ClNO. The zero-order chi connectivity index (χ0) is 17.0. The van der Waals surface area contributed by atoms with E-state index >= 15 is 0 Å². The molecule has 1 aliphatic rings. The van der Waals surface area contributed by atoms with E-state index in [1.54, 1.807) is 0 Å². The monoisotopic (exact) mass is 337 g/mol. The van der Waals surface area contributed by atoms with Crippen molar-refractivity contribution in [2.45, 2.75) is 58.7 Å². The number of hydrogen-bond acceptors (Lipinski definition) is 2. The fourth-order valence-corrected chi connectivity index (χ4v) is 3.66. The molecule has 0 N–H and O–H groups in total. The quantitative estimate of drug-likeness (QED) is 0.709. The van der Waals surface area contributed by atoms with Gasteiger partial charge in [0.1, 0.15) is 0 Å². The van der Waals surface area contributed by atoms with Crippen LogP contribution in [0.3, 0.4) is 0 Å². The molecule has 2 nitrogen and oxygen atoms in total. The SMILES string of the molecule is CC(Cc1ccc(C(C)(C)CCl)cc1)CN1CC(C)OC(C)C1. The second kappa shape index (κ2) is 8.00.